The van der Waals surface area contributed by atoms with Gasteiger partial charge in [-0.1, -0.05) is 42.3 Å². The number of benzene rings is 1. The number of unbranched alkanes of at least 4 members (excludes halogenated alkanes) is 2. The van der Waals surface area contributed by atoms with Gasteiger partial charge in [0.05, 0.1) is 0 Å². The van der Waals surface area contributed by atoms with E-state index in [1.54, 1.807) is 0 Å². The highest BCUT2D eigenvalue weighted by Gasteiger charge is 2.27. The van der Waals surface area contributed by atoms with Gasteiger partial charge in [-0.25, -0.2) is 0 Å². The van der Waals surface area contributed by atoms with Gasteiger partial charge in [0.2, 0.25) is 5.91 Å². The number of hydrogen-bond acceptors (Lipinski definition) is 3. The number of carboxylic acid groups (broad SMARTS) is 1. The highest BCUT2D eigenvalue weighted by Crippen LogP contribution is 2.38. The highest BCUT2D eigenvalue weighted by molar-refractivity contribution is 6.31. The Labute approximate surface area is 198 Å². The summed E-state index contributed by atoms with van der Waals surface area (Å²) in [5.74, 6) is -0.364. The average molecular weight is 469 g/mol. The Morgan fingerprint density at radius 1 is 1.09 bits per heavy atom. The summed E-state index contributed by atoms with van der Waals surface area (Å²) >= 11 is 6.61. The summed E-state index contributed by atoms with van der Waals surface area (Å²) in [4.78, 5) is 38.1. The van der Waals surface area contributed by atoms with Crippen molar-refractivity contribution in [3.05, 3.63) is 74.2 Å². The van der Waals surface area contributed by atoms with Crippen molar-refractivity contribution in [1.29, 1.82) is 0 Å². The van der Waals surface area contributed by atoms with Gasteiger partial charge in [-0.15, -0.1) is 0 Å². The standard InChI is InChI=1S/C26H29ClN2O4/c27-22-14-18(9-8-17(22)4-2-1-3-5-25(31)32)21(15-19-10-13-24(30)28-19)23-12-11-20(16-6-7-16)26(33)29-23/h8-9,11-12,14-16,19H,1-7,10,13H2,(H,28,30)(H,29,33)(H,31,32)/b21-15+/t19-/m1/s1. The number of amides is 1. The van der Waals surface area contributed by atoms with Gasteiger partial charge in [-0.2, -0.15) is 0 Å². The molecule has 0 radical (unpaired) electrons. The van der Waals surface area contributed by atoms with E-state index in [0.717, 1.165) is 60.8 Å². The average Bonchev–Trinajstić information content (AvgIpc) is 3.53. The van der Waals surface area contributed by atoms with Crippen LogP contribution >= 0.6 is 11.6 Å². The summed E-state index contributed by atoms with van der Waals surface area (Å²) in [7, 11) is 0. The first-order valence-corrected chi connectivity index (χ1v) is 12.0. The zero-order valence-electron chi connectivity index (χ0n) is 18.5. The van der Waals surface area contributed by atoms with Crippen molar-refractivity contribution in [2.24, 2.45) is 0 Å². The van der Waals surface area contributed by atoms with Crippen molar-refractivity contribution < 1.29 is 14.7 Å². The Balaban J connectivity index is 1.56. The van der Waals surface area contributed by atoms with E-state index in [1.165, 1.54) is 0 Å². The van der Waals surface area contributed by atoms with Crippen molar-refractivity contribution in [2.45, 2.75) is 69.7 Å². The Kier molecular flexibility index (Phi) is 7.33. The minimum absolute atomic E-state index is 0.0319. The van der Waals surface area contributed by atoms with Gasteiger partial charge in [-0.3, -0.25) is 14.4 Å². The van der Waals surface area contributed by atoms with Crippen LogP contribution in [0.25, 0.3) is 5.57 Å². The molecule has 33 heavy (non-hydrogen) atoms. The third-order valence-electron chi connectivity index (χ3n) is 6.34. The van der Waals surface area contributed by atoms with Crippen molar-refractivity contribution >= 4 is 29.1 Å². The number of aryl methyl sites for hydroxylation is 1. The van der Waals surface area contributed by atoms with Crippen LogP contribution in [0, 0.1) is 0 Å². The number of carboxylic acids is 1. The largest absolute Gasteiger partial charge is 0.481 e. The lowest BCUT2D eigenvalue weighted by Gasteiger charge is -2.14. The minimum Gasteiger partial charge on any atom is -0.481 e. The van der Waals surface area contributed by atoms with Gasteiger partial charge in [0, 0.05) is 40.7 Å². The van der Waals surface area contributed by atoms with Gasteiger partial charge in [0.25, 0.3) is 5.56 Å². The van der Waals surface area contributed by atoms with E-state index in [0.29, 0.717) is 29.5 Å². The van der Waals surface area contributed by atoms with E-state index in [4.69, 9.17) is 16.7 Å². The Morgan fingerprint density at radius 2 is 1.91 bits per heavy atom. The number of hydrogen-bond donors (Lipinski definition) is 3. The fourth-order valence-corrected chi connectivity index (χ4v) is 4.62. The van der Waals surface area contributed by atoms with Crippen molar-refractivity contribution in [2.75, 3.05) is 0 Å². The molecule has 2 fully saturated rings. The smallest absolute Gasteiger partial charge is 0.303 e. The molecule has 1 saturated carbocycles. The van der Waals surface area contributed by atoms with Crippen LogP contribution in [0.3, 0.4) is 0 Å². The molecular formula is C26H29ClN2O4. The van der Waals surface area contributed by atoms with E-state index in [9.17, 15) is 14.4 Å². The number of rotatable bonds is 10. The molecule has 6 nitrogen and oxygen atoms in total. The van der Waals surface area contributed by atoms with Crippen molar-refractivity contribution in [3.63, 3.8) is 0 Å². The number of carbonyl (C=O) groups is 2. The maximum Gasteiger partial charge on any atom is 0.303 e. The first-order chi connectivity index (χ1) is 15.9. The summed E-state index contributed by atoms with van der Waals surface area (Å²) in [6, 6.07) is 9.67. The first kappa shape index (κ1) is 23.3. The molecule has 1 saturated heterocycles. The molecule has 1 aliphatic heterocycles. The molecule has 1 amide bonds. The van der Waals surface area contributed by atoms with Gasteiger partial charge in [0.1, 0.15) is 0 Å². The molecule has 1 aromatic heterocycles. The lowest BCUT2D eigenvalue weighted by atomic mass is 9.96. The van der Waals surface area contributed by atoms with Crippen molar-refractivity contribution in [1.82, 2.24) is 10.3 Å². The maximum absolute atomic E-state index is 12.7. The predicted octanol–water partition coefficient (Wildman–Crippen LogP) is 4.80. The van der Waals surface area contributed by atoms with Gasteiger partial charge >= 0.3 is 5.97 Å². The second kappa shape index (κ2) is 10.4. The molecule has 3 N–H and O–H groups in total. The minimum atomic E-state index is -0.765. The maximum atomic E-state index is 12.7. The Morgan fingerprint density at radius 3 is 2.55 bits per heavy atom. The quantitative estimate of drug-likeness (QED) is 0.436. The van der Waals surface area contributed by atoms with Crippen LogP contribution in [0.15, 0.2) is 41.2 Å². The molecule has 2 aliphatic rings. The molecule has 7 heteroatoms. The molecular weight excluding hydrogens is 440 g/mol. The number of aromatic nitrogens is 1. The van der Waals surface area contributed by atoms with E-state index in [2.05, 4.69) is 10.3 Å². The molecule has 1 aromatic carbocycles. The fourth-order valence-electron chi connectivity index (χ4n) is 4.35. The molecule has 2 heterocycles. The summed E-state index contributed by atoms with van der Waals surface area (Å²) in [5.41, 5.74) is 4.23. The topological polar surface area (TPSA) is 99.3 Å². The molecule has 174 valence electrons. The van der Waals surface area contributed by atoms with Crippen LogP contribution in [0.2, 0.25) is 5.02 Å². The predicted molar refractivity (Wildman–Crippen MR) is 129 cm³/mol. The lowest BCUT2D eigenvalue weighted by Crippen LogP contribution is -2.23. The molecule has 1 atom stereocenters. The highest BCUT2D eigenvalue weighted by atomic mass is 35.5. The monoisotopic (exact) mass is 468 g/mol. The normalized spacial score (nSPS) is 18.4. The van der Waals surface area contributed by atoms with Gasteiger partial charge < -0.3 is 15.4 Å². The number of nitrogens with one attached hydrogen (secondary N) is 2. The summed E-state index contributed by atoms with van der Waals surface area (Å²) in [5, 5.41) is 12.4. The molecule has 0 unspecified atom stereocenters. The van der Waals surface area contributed by atoms with E-state index < -0.39 is 5.97 Å². The Hall–Kier alpha value is -2.86. The second-order valence-corrected chi connectivity index (χ2v) is 9.39. The van der Waals surface area contributed by atoms with Crippen LogP contribution < -0.4 is 10.9 Å². The fraction of sp³-hybridized carbons (Fsp3) is 0.423. The number of halogens is 1. The molecule has 2 aromatic rings. The Bertz CT molecular complexity index is 1130. The molecule has 0 bridgehead atoms. The zero-order chi connectivity index (χ0) is 23.4. The van der Waals surface area contributed by atoms with Crippen LogP contribution in [0.4, 0.5) is 0 Å². The van der Waals surface area contributed by atoms with Crippen LogP contribution in [-0.2, 0) is 16.0 Å². The molecule has 4 rings (SSSR count). The summed E-state index contributed by atoms with van der Waals surface area (Å²) in [6.45, 7) is 0. The number of aliphatic carboxylic acids is 1. The number of carbonyl (C=O) groups excluding carboxylic acids is 1. The van der Waals surface area contributed by atoms with E-state index >= 15 is 0 Å². The van der Waals surface area contributed by atoms with E-state index in [-0.39, 0.29) is 23.9 Å². The molecule has 0 spiro atoms. The molecule has 1 aliphatic carbocycles. The zero-order valence-corrected chi connectivity index (χ0v) is 19.3. The third-order valence-corrected chi connectivity index (χ3v) is 6.70. The lowest BCUT2D eigenvalue weighted by molar-refractivity contribution is -0.137. The number of pyridine rings is 1. The summed E-state index contributed by atoms with van der Waals surface area (Å²) < 4.78 is 0. The number of H-pyrrole nitrogens is 1. The van der Waals surface area contributed by atoms with E-state index in [1.807, 2.05) is 36.4 Å². The van der Waals surface area contributed by atoms with Gasteiger partial charge in [-0.05, 0) is 67.7 Å². The third kappa shape index (κ3) is 6.14. The van der Waals surface area contributed by atoms with Crippen LogP contribution in [-0.4, -0.2) is 28.0 Å². The first-order valence-electron chi connectivity index (χ1n) is 11.7. The van der Waals surface area contributed by atoms with Crippen LogP contribution in [0.1, 0.15) is 79.7 Å². The van der Waals surface area contributed by atoms with Crippen molar-refractivity contribution in [3.8, 4) is 0 Å². The summed E-state index contributed by atoms with van der Waals surface area (Å²) in [6.07, 6.45) is 8.69. The number of aromatic amines is 1. The van der Waals surface area contributed by atoms with Gasteiger partial charge in [0.15, 0.2) is 0 Å². The van der Waals surface area contributed by atoms with Crippen LogP contribution in [0.5, 0.6) is 0 Å². The second-order valence-electron chi connectivity index (χ2n) is 8.98. The SMILES string of the molecule is O=C(O)CCCCCc1ccc(/C(=C\[C@H]2CCC(=O)N2)c2ccc(C3CC3)c(=O)[nH]2)cc1Cl.